The van der Waals surface area contributed by atoms with Crippen LogP contribution in [0.2, 0.25) is 18.1 Å². The Balaban J connectivity index is 6.29. The fourth-order valence-electron chi connectivity index (χ4n) is 3.93. The number of rotatable bonds is 16. The zero-order valence-corrected chi connectivity index (χ0v) is 18.4. The maximum absolute atomic E-state index is 12.0. The largest absolute Gasteiger partial charge is 0.481 e. The molecule has 0 saturated carbocycles. The molecule has 0 aromatic heterocycles. The van der Waals surface area contributed by atoms with Gasteiger partial charge in [0.1, 0.15) is 0 Å². The smallest absolute Gasteiger partial charge is 0.331 e. The van der Waals surface area contributed by atoms with Crippen molar-refractivity contribution in [1.29, 1.82) is 0 Å². The minimum Gasteiger partial charge on any atom is -0.481 e. The molecule has 0 amide bonds. The van der Waals surface area contributed by atoms with Crippen LogP contribution in [0.1, 0.15) is 91.9 Å². The lowest BCUT2D eigenvalue weighted by atomic mass is 10.1. The number of aliphatic carboxylic acids is 2. The first-order chi connectivity index (χ1) is 12.4. The third-order valence-corrected chi connectivity index (χ3v) is 11.2. The molecule has 0 saturated heterocycles. The molecular formula is C21H40O4Si. The van der Waals surface area contributed by atoms with Crippen LogP contribution in [0.25, 0.3) is 0 Å². The Morgan fingerprint density at radius 1 is 0.731 bits per heavy atom. The minimum atomic E-state index is -1.98. The van der Waals surface area contributed by atoms with Crippen LogP contribution in [0.3, 0.4) is 0 Å². The summed E-state index contributed by atoms with van der Waals surface area (Å²) >= 11 is 0. The van der Waals surface area contributed by atoms with Crippen molar-refractivity contribution < 1.29 is 19.8 Å². The van der Waals surface area contributed by atoms with Gasteiger partial charge in [0.25, 0.3) is 0 Å². The number of hydrogen-bond donors (Lipinski definition) is 2. The number of hydrogen-bond acceptors (Lipinski definition) is 2. The lowest BCUT2D eigenvalue weighted by Crippen LogP contribution is -2.39. The van der Waals surface area contributed by atoms with Crippen LogP contribution in [-0.4, -0.2) is 30.2 Å². The first kappa shape index (κ1) is 24.9. The van der Waals surface area contributed by atoms with Gasteiger partial charge in [-0.2, -0.15) is 0 Å². The van der Waals surface area contributed by atoms with Gasteiger partial charge in [0, 0.05) is 5.57 Å². The molecule has 0 aromatic rings. The molecule has 0 radical (unpaired) electrons. The number of carboxylic acids is 2. The minimum absolute atomic E-state index is 0.209. The summed E-state index contributed by atoms with van der Waals surface area (Å²) in [5.41, 5.74) is 0.209. The summed E-state index contributed by atoms with van der Waals surface area (Å²) < 4.78 is 0. The van der Waals surface area contributed by atoms with E-state index in [4.69, 9.17) is 0 Å². The quantitative estimate of drug-likeness (QED) is 0.238. The summed E-state index contributed by atoms with van der Waals surface area (Å²) in [5.74, 6) is -2.04. The standard InChI is InChI=1S/C21H40O4Si/c1-5-9-13-19(18(21(24)25)17-20(22)23)26(14-10-6-2,15-11-7-3)16-12-8-4/h5-17H2,1-4H3,(H,22,23)(H,24,25). The van der Waals surface area contributed by atoms with Crippen LogP contribution < -0.4 is 0 Å². The molecule has 0 aliphatic heterocycles. The van der Waals surface area contributed by atoms with Gasteiger partial charge in [-0.05, 0) is 6.42 Å². The van der Waals surface area contributed by atoms with Crippen molar-refractivity contribution in [2.24, 2.45) is 0 Å². The Hall–Kier alpha value is -1.10. The summed E-state index contributed by atoms with van der Waals surface area (Å²) in [6.45, 7) is 8.67. The van der Waals surface area contributed by atoms with E-state index in [1.165, 1.54) is 0 Å². The molecular weight excluding hydrogens is 344 g/mol. The third-order valence-electron chi connectivity index (χ3n) is 5.40. The maximum Gasteiger partial charge on any atom is 0.331 e. The second kappa shape index (κ2) is 14.0. The van der Waals surface area contributed by atoms with Crippen molar-refractivity contribution in [3.05, 3.63) is 10.8 Å². The average molecular weight is 385 g/mol. The van der Waals surface area contributed by atoms with Gasteiger partial charge in [0.05, 0.1) is 14.5 Å². The molecule has 0 atom stereocenters. The Morgan fingerprint density at radius 3 is 1.46 bits per heavy atom. The van der Waals surface area contributed by atoms with Crippen LogP contribution in [0.4, 0.5) is 0 Å². The highest BCUT2D eigenvalue weighted by atomic mass is 28.3. The second-order valence-corrected chi connectivity index (χ2v) is 12.2. The molecule has 0 aromatic carbocycles. The van der Waals surface area contributed by atoms with E-state index in [2.05, 4.69) is 27.7 Å². The SMILES string of the molecule is CCCCC(=C(CC(=O)O)C(=O)O)[Si](CCCC)(CCCC)CCCC. The molecule has 152 valence electrons. The molecule has 0 heterocycles. The van der Waals surface area contributed by atoms with Crippen LogP contribution in [0, 0.1) is 0 Å². The summed E-state index contributed by atoms with van der Waals surface area (Å²) in [6, 6.07) is 3.33. The van der Waals surface area contributed by atoms with Gasteiger partial charge in [-0.25, -0.2) is 4.79 Å². The fraction of sp³-hybridized carbons (Fsp3) is 0.810. The Kier molecular flexibility index (Phi) is 13.4. The van der Waals surface area contributed by atoms with Gasteiger partial charge < -0.3 is 10.2 Å². The Bertz CT molecular complexity index is 435. The summed E-state index contributed by atoms with van der Waals surface area (Å²) in [4.78, 5) is 23.4. The first-order valence-electron chi connectivity index (χ1n) is 10.6. The highest BCUT2D eigenvalue weighted by Gasteiger charge is 2.38. The lowest BCUT2D eigenvalue weighted by molar-refractivity contribution is -0.139. The van der Waals surface area contributed by atoms with Crippen LogP contribution in [0.15, 0.2) is 10.8 Å². The molecule has 0 spiro atoms. The first-order valence-corrected chi connectivity index (χ1v) is 13.2. The predicted octanol–water partition coefficient (Wildman–Crippen LogP) is 6.42. The maximum atomic E-state index is 12.0. The van der Waals surface area contributed by atoms with Gasteiger partial charge in [-0.1, -0.05) is 102 Å². The van der Waals surface area contributed by atoms with E-state index >= 15 is 0 Å². The molecule has 4 nitrogen and oxygen atoms in total. The monoisotopic (exact) mass is 384 g/mol. The highest BCUT2D eigenvalue weighted by Crippen LogP contribution is 2.39. The van der Waals surface area contributed by atoms with Crippen LogP contribution in [0.5, 0.6) is 0 Å². The van der Waals surface area contributed by atoms with Crippen molar-refractivity contribution in [2.75, 3.05) is 0 Å². The van der Waals surface area contributed by atoms with Crippen molar-refractivity contribution >= 4 is 20.0 Å². The Labute approximate surface area is 161 Å². The number of allylic oxidation sites excluding steroid dienone is 1. The molecule has 26 heavy (non-hydrogen) atoms. The van der Waals surface area contributed by atoms with Gasteiger partial charge in [-0.3, -0.25) is 4.79 Å². The molecule has 0 aliphatic rings. The van der Waals surface area contributed by atoms with E-state index in [0.29, 0.717) is 0 Å². The van der Waals surface area contributed by atoms with E-state index in [0.717, 1.165) is 81.1 Å². The van der Waals surface area contributed by atoms with Gasteiger partial charge in [0.2, 0.25) is 0 Å². The van der Waals surface area contributed by atoms with E-state index in [1.807, 2.05) is 0 Å². The van der Waals surface area contributed by atoms with E-state index in [1.54, 1.807) is 0 Å². The van der Waals surface area contributed by atoms with Crippen molar-refractivity contribution in [2.45, 2.75) is 110 Å². The number of carbonyl (C=O) groups is 2. The van der Waals surface area contributed by atoms with Crippen molar-refractivity contribution in [3.63, 3.8) is 0 Å². The summed E-state index contributed by atoms with van der Waals surface area (Å²) in [7, 11) is -1.98. The van der Waals surface area contributed by atoms with Crippen molar-refractivity contribution in [3.8, 4) is 0 Å². The molecule has 0 unspecified atom stereocenters. The zero-order chi connectivity index (χ0) is 20.0. The van der Waals surface area contributed by atoms with E-state index < -0.39 is 20.0 Å². The van der Waals surface area contributed by atoms with Crippen LogP contribution in [-0.2, 0) is 9.59 Å². The molecule has 0 fully saturated rings. The van der Waals surface area contributed by atoms with Crippen LogP contribution >= 0.6 is 0 Å². The molecule has 0 bridgehead atoms. The topological polar surface area (TPSA) is 74.6 Å². The highest BCUT2D eigenvalue weighted by molar-refractivity contribution is 6.86. The third kappa shape index (κ3) is 8.52. The van der Waals surface area contributed by atoms with E-state index in [9.17, 15) is 19.8 Å². The van der Waals surface area contributed by atoms with Gasteiger partial charge >= 0.3 is 11.9 Å². The zero-order valence-electron chi connectivity index (χ0n) is 17.4. The Morgan fingerprint density at radius 2 is 1.15 bits per heavy atom. The van der Waals surface area contributed by atoms with Gasteiger partial charge in [-0.15, -0.1) is 0 Å². The molecule has 0 aliphatic carbocycles. The molecule has 5 heteroatoms. The van der Waals surface area contributed by atoms with E-state index in [-0.39, 0.29) is 12.0 Å². The lowest BCUT2D eigenvalue weighted by Gasteiger charge is -2.36. The normalized spacial score (nSPS) is 12.8. The fourth-order valence-corrected chi connectivity index (χ4v) is 10.2. The second-order valence-electron chi connectivity index (χ2n) is 7.53. The average Bonchev–Trinajstić information content (AvgIpc) is 2.60. The molecule has 0 rings (SSSR count). The number of carboxylic acid groups (broad SMARTS) is 2. The molecule has 2 N–H and O–H groups in total. The number of unbranched alkanes of at least 4 members (excludes halogenated alkanes) is 4. The summed E-state index contributed by atoms with van der Waals surface area (Å²) in [5, 5.41) is 20.2. The summed E-state index contributed by atoms with van der Waals surface area (Å²) in [6.07, 6.45) is 9.07. The van der Waals surface area contributed by atoms with Crippen molar-refractivity contribution in [1.82, 2.24) is 0 Å². The van der Waals surface area contributed by atoms with Gasteiger partial charge in [0.15, 0.2) is 0 Å². The predicted molar refractivity (Wildman–Crippen MR) is 111 cm³/mol.